The van der Waals surface area contributed by atoms with Gasteiger partial charge in [-0.3, -0.25) is 0 Å². The van der Waals surface area contributed by atoms with Crippen LogP contribution in [0.4, 0.5) is 5.69 Å². The molecule has 2 nitrogen and oxygen atoms in total. The van der Waals surface area contributed by atoms with Gasteiger partial charge in [0, 0.05) is 5.75 Å². The van der Waals surface area contributed by atoms with Gasteiger partial charge in [0.2, 0.25) is 0 Å². The molecule has 0 aliphatic heterocycles. The van der Waals surface area contributed by atoms with E-state index in [0.717, 1.165) is 11.4 Å². The number of aliphatic imine (C=N–C) groups is 1. The van der Waals surface area contributed by atoms with Crippen LogP contribution in [-0.2, 0) is 11.2 Å². The highest BCUT2D eigenvalue weighted by molar-refractivity contribution is 8.13. The van der Waals surface area contributed by atoms with Crippen LogP contribution >= 0.6 is 11.8 Å². The largest absolute Gasteiger partial charge is 0.378 e. The summed E-state index contributed by atoms with van der Waals surface area (Å²) in [6.45, 7) is 10.8. The van der Waals surface area contributed by atoms with Crippen LogP contribution in [0.2, 0.25) is 0 Å². The fraction of sp³-hybridized carbons (Fsp3) is 0.350. The fourth-order valence-electron chi connectivity index (χ4n) is 2.43. The summed E-state index contributed by atoms with van der Waals surface area (Å²) in [6.07, 6.45) is 0. The summed E-state index contributed by atoms with van der Waals surface area (Å²) >= 11 is 1.58. The van der Waals surface area contributed by atoms with E-state index in [-0.39, 0.29) is 5.41 Å². The molecular weight excluding hydrogens is 300 g/mol. The van der Waals surface area contributed by atoms with E-state index in [1.807, 2.05) is 0 Å². The van der Waals surface area contributed by atoms with Crippen molar-refractivity contribution in [1.82, 2.24) is 0 Å². The van der Waals surface area contributed by atoms with Gasteiger partial charge in [0.25, 0.3) is 0 Å². The van der Waals surface area contributed by atoms with Crippen LogP contribution in [-0.4, -0.2) is 5.17 Å². The Hall–Kier alpha value is -1.74. The van der Waals surface area contributed by atoms with Gasteiger partial charge in [-0.25, -0.2) is 4.99 Å². The molecular formula is C20H26N2S. The molecule has 2 aromatic rings. The van der Waals surface area contributed by atoms with Crippen LogP contribution < -0.4 is 5.73 Å². The quantitative estimate of drug-likeness (QED) is 0.599. The highest BCUT2D eigenvalue weighted by Crippen LogP contribution is 2.24. The van der Waals surface area contributed by atoms with E-state index in [1.54, 1.807) is 11.8 Å². The molecule has 3 heteroatoms. The van der Waals surface area contributed by atoms with Crippen molar-refractivity contribution in [3.63, 3.8) is 0 Å². The molecule has 0 aliphatic rings. The Labute approximate surface area is 144 Å². The van der Waals surface area contributed by atoms with Gasteiger partial charge in [-0.2, -0.15) is 0 Å². The number of aryl methyl sites for hydroxylation is 2. The summed E-state index contributed by atoms with van der Waals surface area (Å²) in [7, 11) is 0. The topological polar surface area (TPSA) is 38.4 Å². The molecule has 2 N–H and O–H groups in total. The molecule has 2 rings (SSSR count). The highest BCUT2D eigenvalue weighted by Gasteiger charge is 2.12. The first-order chi connectivity index (χ1) is 10.7. The summed E-state index contributed by atoms with van der Waals surface area (Å²) in [5, 5.41) is 0.606. The lowest BCUT2D eigenvalue weighted by molar-refractivity contribution is 0.590. The molecule has 0 unspecified atom stereocenters. The fourth-order valence-corrected chi connectivity index (χ4v) is 3.11. The molecule has 0 radical (unpaired) electrons. The Morgan fingerprint density at radius 2 is 1.57 bits per heavy atom. The maximum atomic E-state index is 6.07. The Balaban J connectivity index is 2.01. The molecule has 0 saturated heterocycles. The molecule has 0 amide bonds. The van der Waals surface area contributed by atoms with Crippen molar-refractivity contribution in [3.8, 4) is 0 Å². The SMILES string of the molecule is Cc1cc(C)cc(N=C(N)SCc2ccc(C(C)(C)C)cc2)c1. The molecule has 0 aromatic heterocycles. The number of hydrogen-bond acceptors (Lipinski definition) is 2. The molecule has 2 aromatic carbocycles. The number of nitrogens with two attached hydrogens (primary N) is 1. The van der Waals surface area contributed by atoms with Gasteiger partial charge in [0.15, 0.2) is 5.17 Å². The first kappa shape index (κ1) is 17.6. The zero-order valence-electron chi connectivity index (χ0n) is 14.7. The van der Waals surface area contributed by atoms with Crippen molar-refractivity contribution < 1.29 is 0 Å². The minimum atomic E-state index is 0.190. The van der Waals surface area contributed by atoms with Gasteiger partial charge in [-0.05, 0) is 53.6 Å². The Morgan fingerprint density at radius 1 is 1.00 bits per heavy atom. The number of amidine groups is 1. The number of thioether (sulfide) groups is 1. The summed E-state index contributed by atoms with van der Waals surface area (Å²) in [4.78, 5) is 4.51. The lowest BCUT2D eigenvalue weighted by atomic mass is 9.87. The van der Waals surface area contributed by atoms with Crippen molar-refractivity contribution in [2.24, 2.45) is 10.7 Å². The second-order valence-corrected chi connectivity index (χ2v) is 8.03. The molecule has 0 atom stereocenters. The lowest BCUT2D eigenvalue weighted by Gasteiger charge is -2.19. The van der Waals surface area contributed by atoms with E-state index in [4.69, 9.17) is 5.73 Å². The van der Waals surface area contributed by atoms with Crippen molar-refractivity contribution in [3.05, 3.63) is 64.7 Å². The van der Waals surface area contributed by atoms with Crippen molar-refractivity contribution >= 4 is 22.6 Å². The van der Waals surface area contributed by atoms with Crippen LogP contribution in [0.5, 0.6) is 0 Å². The summed E-state index contributed by atoms with van der Waals surface area (Å²) in [5.41, 5.74) is 12.2. The minimum absolute atomic E-state index is 0.190. The molecule has 0 heterocycles. The number of hydrogen-bond donors (Lipinski definition) is 1. The van der Waals surface area contributed by atoms with Gasteiger partial charge < -0.3 is 5.73 Å². The van der Waals surface area contributed by atoms with Crippen LogP contribution in [0.15, 0.2) is 47.5 Å². The number of nitrogens with zero attached hydrogens (tertiary/aromatic N) is 1. The monoisotopic (exact) mass is 326 g/mol. The smallest absolute Gasteiger partial charge is 0.159 e. The van der Waals surface area contributed by atoms with Gasteiger partial charge in [-0.1, -0.05) is 62.9 Å². The average Bonchev–Trinajstić information content (AvgIpc) is 2.43. The highest BCUT2D eigenvalue weighted by atomic mass is 32.2. The molecule has 0 spiro atoms. The first-order valence-corrected chi connectivity index (χ1v) is 8.87. The second kappa shape index (κ2) is 7.22. The van der Waals surface area contributed by atoms with E-state index < -0.39 is 0 Å². The summed E-state index contributed by atoms with van der Waals surface area (Å²) in [5.74, 6) is 0.838. The zero-order valence-corrected chi connectivity index (χ0v) is 15.5. The van der Waals surface area contributed by atoms with E-state index in [0.29, 0.717) is 5.17 Å². The van der Waals surface area contributed by atoms with Crippen LogP contribution in [0.25, 0.3) is 0 Å². The van der Waals surface area contributed by atoms with Crippen LogP contribution in [0.3, 0.4) is 0 Å². The Kier molecular flexibility index (Phi) is 5.53. The Bertz CT molecular complexity index is 674. The van der Waals surface area contributed by atoms with E-state index in [1.165, 1.54) is 22.3 Å². The van der Waals surface area contributed by atoms with Crippen LogP contribution in [0.1, 0.15) is 43.0 Å². The van der Waals surface area contributed by atoms with Crippen molar-refractivity contribution in [2.75, 3.05) is 0 Å². The minimum Gasteiger partial charge on any atom is -0.378 e. The Morgan fingerprint density at radius 3 is 2.09 bits per heavy atom. The number of rotatable bonds is 3. The second-order valence-electron chi connectivity index (χ2n) is 7.03. The van der Waals surface area contributed by atoms with Gasteiger partial charge in [-0.15, -0.1) is 0 Å². The third-order valence-electron chi connectivity index (χ3n) is 3.65. The molecule has 0 aliphatic carbocycles. The first-order valence-electron chi connectivity index (χ1n) is 7.89. The van der Waals surface area contributed by atoms with Gasteiger partial charge in [0.05, 0.1) is 5.69 Å². The third-order valence-corrected chi connectivity index (χ3v) is 4.52. The average molecular weight is 327 g/mol. The van der Waals surface area contributed by atoms with Crippen LogP contribution in [0, 0.1) is 13.8 Å². The normalized spacial score (nSPS) is 12.5. The molecule has 23 heavy (non-hydrogen) atoms. The zero-order chi connectivity index (χ0) is 17.0. The lowest BCUT2D eigenvalue weighted by Crippen LogP contribution is -2.10. The van der Waals surface area contributed by atoms with Gasteiger partial charge in [0.1, 0.15) is 0 Å². The standard InChI is InChI=1S/C20H26N2S/c1-14-10-15(2)12-18(11-14)22-19(21)23-13-16-6-8-17(9-7-16)20(3,4)5/h6-12H,13H2,1-5H3,(H2,21,22). The van der Waals surface area contributed by atoms with Crippen molar-refractivity contribution in [1.29, 1.82) is 0 Å². The maximum Gasteiger partial charge on any atom is 0.159 e. The third kappa shape index (κ3) is 5.43. The molecule has 0 bridgehead atoms. The number of benzene rings is 2. The van der Waals surface area contributed by atoms with E-state index in [9.17, 15) is 0 Å². The van der Waals surface area contributed by atoms with Gasteiger partial charge >= 0.3 is 0 Å². The predicted octanol–water partition coefficient (Wildman–Crippen LogP) is 5.48. The molecule has 0 saturated carbocycles. The molecule has 122 valence electrons. The van der Waals surface area contributed by atoms with E-state index in [2.05, 4.69) is 82.1 Å². The maximum absolute atomic E-state index is 6.07. The van der Waals surface area contributed by atoms with E-state index >= 15 is 0 Å². The molecule has 0 fully saturated rings. The summed E-state index contributed by atoms with van der Waals surface area (Å²) in [6, 6.07) is 15.0. The summed E-state index contributed by atoms with van der Waals surface area (Å²) < 4.78 is 0. The van der Waals surface area contributed by atoms with Crippen molar-refractivity contribution in [2.45, 2.75) is 45.8 Å². The predicted molar refractivity (Wildman–Crippen MR) is 104 cm³/mol.